The highest BCUT2D eigenvalue weighted by molar-refractivity contribution is 4.59. The molecule has 2 heterocycles. The lowest BCUT2D eigenvalue weighted by molar-refractivity contribution is -0.0240. The van der Waals surface area contributed by atoms with Gasteiger partial charge in [0.15, 0.2) is 0 Å². The molecule has 3 heteroatoms. The lowest BCUT2D eigenvalue weighted by Gasteiger charge is -1.85. The Morgan fingerprint density at radius 1 is 1.38 bits per heavy atom. The molecule has 2 aliphatic heterocycles. The van der Waals surface area contributed by atoms with Crippen molar-refractivity contribution in [1.82, 2.24) is 10.4 Å². The van der Waals surface area contributed by atoms with E-state index in [0.717, 1.165) is 13.1 Å². The molecule has 0 aliphatic carbocycles. The molecular weight excluding hydrogens is 104 g/mol. The topological polar surface area (TPSA) is 34.2 Å². The monoisotopic (exact) mass is 116 g/mol. The summed E-state index contributed by atoms with van der Waals surface area (Å²) >= 11 is 0. The summed E-state index contributed by atoms with van der Waals surface area (Å²) in [5, 5.41) is 4.88. The van der Waals surface area contributed by atoms with Gasteiger partial charge in [-0.15, -0.1) is 0 Å². The number of nitrogens with zero attached hydrogens (tertiary/aromatic N) is 1. The van der Waals surface area contributed by atoms with Crippen LogP contribution < -0.4 is 5.32 Å². The molecule has 2 aliphatic rings. The third-order valence-electron chi connectivity index (χ3n) is 0.914. The largest absolute Gasteiger partial charge is 0.314 e. The quantitative estimate of drug-likeness (QED) is 0.467. The Kier molecular flexibility index (Phi) is 2.27. The lowest BCUT2D eigenvalue weighted by Crippen LogP contribution is -1.88. The molecule has 0 spiro atoms. The summed E-state index contributed by atoms with van der Waals surface area (Å²) in [5.41, 5.74) is 0. The van der Waals surface area contributed by atoms with Crippen molar-refractivity contribution in [3.8, 4) is 0 Å². The molecule has 8 heavy (non-hydrogen) atoms. The average molecular weight is 116 g/mol. The van der Waals surface area contributed by atoms with Crippen LogP contribution in [0.5, 0.6) is 0 Å². The third-order valence-corrected chi connectivity index (χ3v) is 0.914. The highest BCUT2D eigenvalue weighted by atomic mass is 16.7. The predicted molar refractivity (Wildman–Crippen MR) is 31.5 cm³/mol. The molecule has 0 atom stereocenters. The number of nitrogens with one attached hydrogen (secondary N) is 1. The Labute approximate surface area is 49.6 Å². The SMILES string of the molecule is C1CN1.CON1CC1. The average Bonchev–Trinajstić information content (AvgIpc) is 2.65. The summed E-state index contributed by atoms with van der Waals surface area (Å²) in [7, 11) is 1.69. The smallest absolute Gasteiger partial charge is 0.0575 e. The van der Waals surface area contributed by atoms with Crippen LogP contribution in [0.4, 0.5) is 0 Å². The van der Waals surface area contributed by atoms with Gasteiger partial charge in [-0.2, -0.15) is 5.06 Å². The molecule has 0 radical (unpaired) electrons. The minimum Gasteiger partial charge on any atom is -0.314 e. The molecule has 1 N–H and O–H groups in total. The Bertz CT molecular complexity index is 58.7. The first kappa shape index (κ1) is 6.01. The fraction of sp³-hybridized carbons (Fsp3) is 1.00. The van der Waals surface area contributed by atoms with Crippen molar-refractivity contribution >= 4 is 0 Å². The van der Waals surface area contributed by atoms with Crippen molar-refractivity contribution in [1.29, 1.82) is 0 Å². The lowest BCUT2D eigenvalue weighted by atomic mass is 11.0. The van der Waals surface area contributed by atoms with Gasteiger partial charge in [0.1, 0.15) is 0 Å². The first-order valence-corrected chi connectivity index (χ1v) is 2.93. The van der Waals surface area contributed by atoms with Gasteiger partial charge in [0.05, 0.1) is 7.11 Å². The molecule has 0 unspecified atom stereocenters. The van der Waals surface area contributed by atoms with Crippen LogP contribution >= 0.6 is 0 Å². The number of hydroxylamine groups is 2. The van der Waals surface area contributed by atoms with Crippen molar-refractivity contribution < 1.29 is 4.84 Å². The van der Waals surface area contributed by atoms with Crippen molar-refractivity contribution in [2.45, 2.75) is 0 Å². The van der Waals surface area contributed by atoms with Crippen LogP contribution in [0.3, 0.4) is 0 Å². The Morgan fingerprint density at radius 3 is 1.88 bits per heavy atom. The van der Waals surface area contributed by atoms with E-state index in [-0.39, 0.29) is 0 Å². The maximum atomic E-state index is 4.69. The van der Waals surface area contributed by atoms with Crippen molar-refractivity contribution in [3.63, 3.8) is 0 Å². The molecular formula is C5H12N2O. The summed E-state index contributed by atoms with van der Waals surface area (Å²) < 4.78 is 0. The van der Waals surface area contributed by atoms with E-state index in [4.69, 9.17) is 4.84 Å². The molecule has 0 aromatic rings. The second-order valence-corrected chi connectivity index (χ2v) is 1.86. The number of rotatable bonds is 1. The summed E-state index contributed by atoms with van der Waals surface area (Å²) in [4.78, 5) is 4.69. The van der Waals surface area contributed by atoms with E-state index in [1.807, 2.05) is 5.06 Å². The fourth-order valence-corrected chi connectivity index (χ4v) is 0.223. The first-order valence-electron chi connectivity index (χ1n) is 2.93. The number of hydrogen-bond acceptors (Lipinski definition) is 3. The molecule has 0 bridgehead atoms. The van der Waals surface area contributed by atoms with E-state index in [9.17, 15) is 0 Å². The molecule has 2 fully saturated rings. The Morgan fingerprint density at radius 2 is 1.88 bits per heavy atom. The first-order chi connectivity index (χ1) is 3.93. The van der Waals surface area contributed by atoms with Gasteiger partial charge in [-0.3, -0.25) is 0 Å². The van der Waals surface area contributed by atoms with Gasteiger partial charge < -0.3 is 10.2 Å². The molecule has 0 aromatic carbocycles. The van der Waals surface area contributed by atoms with Crippen LogP contribution in [-0.2, 0) is 4.84 Å². The molecule has 48 valence electrons. The molecule has 3 nitrogen and oxygen atoms in total. The maximum absolute atomic E-state index is 4.69. The van der Waals surface area contributed by atoms with Crippen molar-refractivity contribution in [2.24, 2.45) is 0 Å². The van der Waals surface area contributed by atoms with Crippen LogP contribution in [0.2, 0.25) is 0 Å². The Hall–Kier alpha value is -0.120. The normalized spacial score (nSPS) is 23.6. The molecule has 0 amide bonds. The summed E-state index contributed by atoms with van der Waals surface area (Å²) in [6, 6.07) is 0. The number of hydrogen-bond donors (Lipinski definition) is 1. The van der Waals surface area contributed by atoms with Gasteiger partial charge in [-0.25, -0.2) is 0 Å². The second kappa shape index (κ2) is 3.02. The van der Waals surface area contributed by atoms with E-state index < -0.39 is 0 Å². The summed E-state index contributed by atoms with van der Waals surface area (Å²) in [6.07, 6.45) is 0. The van der Waals surface area contributed by atoms with Gasteiger partial charge in [0.25, 0.3) is 0 Å². The fourth-order valence-electron chi connectivity index (χ4n) is 0.223. The van der Waals surface area contributed by atoms with Crippen molar-refractivity contribution in [2.75, 3.05) is 33.3 Å². The van der Waals surface area contributed by atoms with Crippen LogP contribution in [-0.4, -0.2) is 38.4 Å². The van der Waals surface area contributed by atoms with E-state index in [2.05, 4.69) is 5.32 Å². The summed E-state index contributed by atoms with van der Waals surface area (Å²) in [5.74, 6) is 0. The molecule has 0 aromatic heterocycles. The van der Waals surface area contributed by atoms with E-state index in [1.54, 1.807) is 7.11 Å². The zero-order valence-electron chi connectivity index (χ0n) is 5.18. The standard InChI is InChI=1S/C3H7NO.C2H5N/c1-5-4-2-3-4;1-2-3-1/h2-3H2,1H3;3H,1-2H2. The predicted octanol–water partition coefficient (Wildman–Crippen LogP) is -0.547. The van der Waals surface area contributed by atoms with E-state index in [0.29, 0.717) is 0 Å². The van der Waals surface area contributed by atoms with Gasteiger partial charge in [-0.05, 0) is 0 Å². The zero-order chi connectivity index (χ0) is 5.82. The second-order valence-electron chi connectivity index (χ2n) is 1.86. The van der Waals surface area contributed by atoms with Crippen LogP contribution in [0, 0.1) is 0 Å². The third kappa shape index (κ3) is 4.05. The van der Waals surface area contributed by atoms with E-state index >= 15 is 0 Å². The van der Waals surface area contributed by atoms with E-state index in [1.165, 1.54) is 13.1 Å². The zero-order valence-corrected chi connectivity index (χ0v) is 5.18. The minimum atomic E-state index is 1.12. The van der Waals surface area contributed by atoms with Crippen molar-refractivity contribution in [3.05, 3.63) is 0 Å². The van der Waals surface area contributed by atoms with Gasteiger partial charge in [-0.1, -0.05) is 0 Å². The highest BCUT2D eigenvalue weighted by Gasteiger charge is 2.14. The minimum absolute atomic E-state index is 1.12. The Balaban J connectivity index is 0.0000000907. The molecule has 2 rings (SSSR count). The van der Waals surface area contributed by atoms with Crippen LogP contribution in [0.25, 0.3) is 0 Å². The highest BCUT2D eigenvalue weighted by Crippen LogP contribution is 1.99. The van der Waals surface area contributed by atoms with Gasteiger partial charge in [0.2, 0.25) is 0 Å². The molecule has 0 saturated carbocycles. The van der Waals surface area contributed by atoms with Gasteiger partial charge in [0, 0.05) is 26.2 Å². The van der Waals surface area contributed by atoms with Gasteiger partial charge >= 0.3 is 0 Å². The maximum Gasteiger partial charge on any atom is 0.0575 e. The summed E-state index contributed by atoms with van der Waals surface area (Å²) in [6.45, 7) is 4.74. The molecule has 2 saturated heterocycles. The van der Waals surface area contributed by atoms with Crippen LogP contribution in [0.1, 0.15) is 0 Å². The van der Waals surface area contributed by atoms with Crippen LogP contribution in [0.15, 0.2) is 0 Å².